The molecule has 1 aromatic carbocycles. The van der Waals surface area contributed by atoms with Gasteiger partial charge < -0.3 is 9.84 Å². The van der Waals surface area contributed by atoms with Gasteiger partial charge in [0.1, 0.15) is 5.75 Å². The second-order valence-corrected chi connectivity index (χ2v) is 3.85. The monoisotopic (exact) mass is 222 g/mol. The molecule has 3 heteroatoms. The Morgan fingerprint density at radius 1 is 1.44 bits per heavy atom. The molecule has 0 heterocycles. The van der Waals surface area contributed by atoms with Crippen molar-refractivity contribution in [1.29, 1.82) is 0 Å². The molecule has 0 amide bonds. The highest BCUT2D eigenvalue weighted by Crippen LogP contribution is 2.30. The molecule has 0 fully saturated rings. The van der Waals surface area contributed by atoms with Crippen molar-refractivity contribution in [2.24, 2.45) is 0 Å². The Labute approximate surface area is 96.1 Å². The van der Waals surface area contributed by atoms with Crippen molar-refractivity contribution in [2.45, 2.75) is 39.5 Å². The molecular weight excluding hydrogens is 204 g/mol. The zero-order chi connectivity index (χ0) is 12.1. The largest absolute Gasteiger partial charge is 0.511 e. The van der Waals surface area contributed by atoms with E-state index in [0.29, 0.717) is 11.7 Å². The highest BCUT2D eigenvalue weighted by Gasteiger charge is 2.14. The second-order valence-electron chi connectivity index (χ2n) is 3.85. The van der Waals surface area contributed by atoms with Crippen LogP contribution in [0.25, 0.3) is 0 Å². The molecule has 1 N–H and O–H groups in total. The number of rotatable bonds is 4. The number of benzene rings is 1. The summed E-state index contributed by atoms with van der Waals surface area (Å²) in [4.78, 5) is 10.6. The van der Waals surface area contributed by atoms with E-state index in [1.165, 1.54) is 5.56 Å². The van der Waals surface area contributed by atoms with Crippen molar-refractivity contribution in [3.63, 3.8) is 0 Å². The van der Waals surface area contributed by atoms with Crippen LogP contribution in [-0.4, -0.2) is 11.3 Å². The maximum Gasteiger partial charge on any atom is 0.511 e. The van der Waals surface area contributed by atoms with Crippen LogP contribution in [0.1, 0.15) is 44.2 Å². The average molecular weight is 222 g/mol. The van der Waals surface area contributed by atoms with Crippen molar-refractivity contribution >= 4 is 6.16 Å². The van der Waals surface area contributed by atoms with E-state index in [1.54, 1.807) is 6.07 Å². The summed E-state index contributed by atoms with van der Waals surface area (Å²) >= 11 is 0. The van der Waals surface area contributed by atoms with Gasteiger partial charge in [-0.1, -0.05) is 32.9 Å². The maximum absolute atomic E-state index is 10.6. The molecule has 0 saturated heterocycles. The standard InChI is InChI=1S/C13H18O3/c1-4-9(3)11-7-6-8-12(10(11)5-2)16-13(14)15/h6-9H,4-5H2,1-3H3,(H,14,15). The van der Waals surface area contributed by atoms with Crippen LogP contribution in [0, 0.1) is 0 Å². The quantitative estimate of drug-likeness (QED) is 0.622. The first-order valence-corrected chi connectivity index (χ1v) is 5.62. The molecular formula is C13H18O3. The molecule has 1 rings (SSSR count). The molecule has 0 aliphatic rings. The summed E-state index contributed by atoms with van der Waals surface area (Å²) in [5.41, 5.74) is 2.18. The summed E-state index contributed by atoms with van der Waals surface area (Å²) in [6.45, 7) is 6.27. The highest BCUT2D eigenvalue weighted by atomic mass is 16.7. The topological polar surface area (TPSA) is 46.5 Å². The van der Waals surface area contributed by atoms with Crippen LogP contribution < -0.4 is 4.74 Å². The second kappa shape index (κ2) is 5.54. The Hall–Kier alpha value is -1.51. The minimum atomic E-state index is -1.25. The predicted octanol–water partition coefficient (Wildman–Crippen LogP) is 3.82. The van der Waals surface area contributed by atoms with Gasteiger partial charge >= 0.3 is 6.16 Å². The molecule has 0 aromatic heterocycles. The Morgan fingerprint density at radius 3 is 2.62 bits per heavy atom. The lowest BCUT2D eigenvalue weighted by Gasteiger charge is -2.16. The van der Waals surface area contributed by atoms with E-state index in [-0.39, 0.29) is 0 Å². The fourth-order valence-corrected chi connectivity index (χ4v) is 1.83. The minimum Gasteiger partial charge on any atom is -0.449 e. The van der Waals surface area contributed by atoms with Crippen LogP contribution in [0.15, 0.2) is 18.2 Å². The van der Waals surface area contributed by atoms with Gasteiger partial charge in [-0.25, -0.2) is 4.79 Å². The van der Waals surface area contributed by atoms with Crippen molar-refractivity contribution in [1.82, 2.24) is 0 Å². The lowest BCUT2D eigenvalue weighted by Crippen LogP contribution is -2.07. The van der Waals surface area contributed by atoms with Crippen molar-refractivity contribution in [3.05, 3.63) is 29.3 Å². The molecule has 88 valence electrons. The molecule has 3 nitrogen and oxygen atoms in total. The Kier molecular flexibility index (Phi) is 4.35. The zero-order valence-electron chi connectivity index (χ0n) is 9.99. The summed E-state index contributed by atoms with van der Waals surface area (Å²) < 4.78 is 4.79. The fourth-order valence-electron chi connectivity index (χ4n) is 1.83. The Bertz CT molecular complexity index is 371. The smallest absolute Gasteiger partial charge is 0.449 e. The van der Waals surface area contributed by atoms with Gasteiger partial charge in [0.2, 0.25) is 0 Å². The van der Waals surface area contributed by atoms with E-state index in [9.17, 15) is 4.79 Å². The summed E-state index contributed by atoms with van der Waals surface area (Å²) in [7, 11) is 0. The van der Waals surface area contributed by atoms with Crippen molar-refractivity contribution < 1.29 is 14.6 Å². The first-order valence-electron chi connectivity index (χ1n) is 5.62. The summed E-state index contributed by atoms with van der Waals surface area (Å²) in [5, 5.41) is 8.65. The number of hydrogen-bond donors (Lipinski definition) is 1. The zero-order valence-corrected chi connectivity index (χ0v) is 9.99. The molecule has 16 heavy (non-hydrogen) atoms. The van der Waals surface area contributed by atoms with E-state index in [0.717, 1.165) is 18.4 Å². The van der Waals surface area contributed by atoms with E-state index in [2.05, 4.69) is 13.8 Å². The highest BCUT2D eigenvalue weighted by molar-refractivity contribution is 5.62. The van der Waals surface area contributed by atoms with Gasteiger partial charge in [0.15, 0.2) is 0 Å². The third-order valence-corrected chi connectivity index (χ3v) is 2.86. The molecule has 1 aromatic rings. The fraction of sp³-hybridized carbons (Fsp3) is 0.462. The number of hydrogen-bond acceptors (Lipinski definition) is 2. The SMILES string of the molecule is CCc1c(OC(=O)O)cccc1C(C)CC. The molecule has 0 radical (unpaired) electrons. The summed E-state index contributed by atoms with van der Waals surface area (Å²) in [6, 6.07) is 5.60. The third kappa shape index (κ3) is 2.75. The lowest BCUT2D eigenvalue weighted by atomic mass is 9.92. The van der Waals surface area contributed by atoms with E-state index in [1.807, 2.05) is 19.1 Å². The molecule has 1 unspecified atom stereocenters. The first kappa shape index (κ1) is 12.6. The number of carbonyl (C=O) groups is 1. The molecule has 0 aliphatic heterocycles. The third-order valence-electron chi connectivity index (χ3n) is 2.86. The van der Waals surface area contributed by atoms with Gasteiger partial charge in [-0.2, -0.15) is 0 Å². The summed E-state index contributed by atoms with van der Waals surface area (Å²) in [5.74, 6) is 0.889. The molecule has 0 bridgehead atoms. The van der Waals surface area contributed by atoms with Crippen LogP contribution >= 0.6 is 0 Å². The van der Waals surface area contributed by atoms with Gasteiger partial charge in [0, 0.05) is 0 Å². The number of ether oxygens (including phenoxy) is 1. The Morgan fingerprint density at radius 2 is 2.12 bits per heavy atom. The van der Waals surface area contributed by atoms with Crippen LogP contribution in [0.2, 0.25) is 0 Å². The minimum absolute atomic E-state index is 0.423. The maximum atomic E-state index is 10.6. The van der Waals surface area contributed by atoms with Crippen LogP contribution in [0.5, 0.6) is 5.75 Å². The Balaban J connectivity index is 3.14. The van der Waals surface area contributed by atoms with Crippen molar-refractivity contribution in [2.75, 3.05) is 0 Å². The predicted molar refractivity (Wildman–Crippen MR) is 63.2 cm³/mol. The van der Waals surface area contributed by atoms with Crippen molar-refractivity contribution in [3.8, 4) is 5.75 Å². The normalized spacial score (nSPS) is 12.2. The first-order chi connectivity index (χ1) is 7.60. The van der Waals surface area contributed by atoms with E-state index >= 15 is 0 Å². The van der Waals surface area contributed by atoms with Crippen LogP contribution in [0.3, 0.4) is 0 Å². The van der Waals surface area contributed by atoms with Gasteiger partial charge in [-0.3, -0.25) is 0 Å². The molecule has 0 saturated carbocycles. The van der Waals surface area contributed by atoms with Gasteiger partial charge in [-0.05, 0) is 36.0 Å². The molecule has 0 aliphatic carbocycles. The van der Waals surface area contributed by atoms with Crippen LogP contribution in [0.4, 0.5) is 4.79 Å². The molecule has 1 atom stereocenters. The van der Waals surface area contributed by atoms with Crippen LogP contribution in [-0.2, 0) is 6.42 Å². The summed E-state index contributed by atoms with van der Waals surface area (Å²) in [6.07, 6.45) is 0.558. The van der Waals surface area contributed by atoms with Gasteiger partial charge in [0.05, 0.1) is 0 Å². The van der Waals surface area contributed by atoms with Gasteiger partial charge in [-0.15, -0.1) is 0 Å². The number of carboxylic acid groups (broad SMARTS) is 1. The van der Waals surface area contributed by atoms with E-state index in [4.69, 9.17) is 9.84 Å². The van der Waals surface area contributed by atoms with Gasteiger partial charge in [0.25, 0.3) is 0 Å². The lowest BCUT2D eigenvalue weighted by molar-refractivity contribution is 0.144. The molecule has 0 spiro atoms. The van der Waals surface area contributed by atoms with E-state index < -0.39 is 6.16 Å². The average Bonchev–Trinajstić information content (AvgIpc) is 2.27.